The molecule has 0 fully saturated rings. The Morgan fingerprint density at radius 1 is 0.556 bits per heavy atom. The van der Waals surface area contributed by atoms with Gasteiger partial charge in [-0.2, -0.15) is 0 Å². The summed E-state index contributed by atoms with van der Waals surface area (Å²) in [6.07, 6.45) is 0. The van der Waals surface area contributed by atoms with Crippen LogP contribution in [0.4, 0.5) is 0 Å². The van der Waals surface area contributed by atoms with Crippen LogP contribution in [0.25, 0.3) is 0 Å². The SMILES string of the molecule is [Al+3].[Ba+2].[Ce+3].[Mg+2].[O-2].[O-2].[O-2].[O-2].[O-2]. The van der Waals surface area contributed by atoms with Crippen LogP contribution < -0.4 is 0 Å². The third-order valence-electron chi connectivity index (χ3n) is 0. The first-order valence-corrected chi connectivity index (χ1v) is 0. The van der Waals surface area contributed by atoms with Gasteiger partial charge in [-0.3, -0.25) is 0 Å². The number of hydrogen-bond donors (Lipinski definition) is 0. The van der Waals surface area contributed by atoms with E-state index in [-0.39, 0.29) is 158 Å². The molecule has 0 atom stereocenters. The quantitative estimate of drug-likeness (QED) is 0.420. The third-order valence-corrected chi connectivity index (χ3v) is 0. The van der Waals surface area contributed by atoms with Gasteiger partial charge in [0.05, 0.1) is 0 Å². The van der Waals surface area contributed by atoms with Gasteiger partial charge >= 0.3 is 131 Å². The molecule has 0 spiro atoms. The summed E-state index contributed by atoms with van der Waals surface area (Å²) in [5.41, 5.74) is 0. The predicted octanol–water partition coefficient (Wildman–Crippen LogP) is -1.74. The van der Waals surface area contributed by atoms with Crippen molar-refractivity contribution in [3.63, 3.8) is 0 Å². The van der Waals surface area contributed by atoms with Crippen molar-refractivity contribution >= 4 is 89.3 Å². The molecule has 0 N–H and O–H groups in total. The molecule has 0 unspecified atom stereocenters. The second-order valence-corrected chi connectivity index (χ2v) is 0. The summed E-state index contributed by atoms with van der Waals surface area (Å²) in [6, 6.07) is 0. The normalized spacial score (nSPS) is 0. The summed E-state index contributed by atoms with van der Waals surface area (Å²) in [4.78, 5) is 0. The number of rotatable bonds is 0. The topological polar surface area (TPSA) is 142 Å². The Labute approximate surface area is 154 Å². The molecule has 0 rings (SSSR count). The van der Waals surface area contributed by atoms with Gasteiger partial charge in [0.15, 0.2) is 0 Å². The van der Waals surface area contributed by atoms with Gasteiger partial charge in [0, 0.05) is 0 Å². The zero-order valence-electron chi connectivity index (χ0n) is 4.53. The molecule has 0 aliphatic rings. The molecular formula is AlBaCeMgO5. The van der Waals surface area contributed by atoms with Crippen LogP contribution in [0, 0.1) is 41.7 Å². The van der Waals surface area contributed by atoms with Crippen molar-refractivity contribution in [1.29, 1.82) is 0 Å². The number of hydrogen-bond acceptors (Lipinski definition) is 0. The predicted molar refractivity (Wildman–Crippen MR) is 20.7 cm³/mol. The van der Waals surface area contributed by atoms with Gasteiger partial charge in [-0.1, -0.05) is 0 Å². The van der Waals surface area contributed by atoms with E-state index in [9.17, 15) is 0 Å². The van der Waals surface area contributed by atoms with Crippen LogP contribution in [-0.2, 0) is 27.4 Å². The molecule has 0 saturated heterocycles. The Bertz CT molecular complexity index is 16.9. The molecule has 0 aromatic heterocycles. The van der Waals surface area contributed by atoms with Crippen molar-refractivity contribution in [3.8, 4) is 0 Å². The summed E-state index contributed by atoms with van der Waals surface area (Å²) in [6.45, 7) is 0. The van der Waals surface area contributed by atoms with Crippen LogP contribution in [0.15, 0.2) is 0 Å². The van der Waals surface area contributed by atoms with Crippen molar-refractivity contribution in [2.24, 2.45) is 0 Å². The Morgan fingerprint density at radius 2 is 0.556 bits per heavy atom. The molecule has 0 aliphatic heterocycles. The van der Waals surface area contributed by atoms with Gasteiger partial charge in [0.25, 0.3) is 0 Å². The minimum absolute atomic E-state index is 0. The third kappa shape index (κ3) is 74.3. The first-order valence-electron chi connectivity index (χ1n) is 0. The minimum Gasteiger partial charge on any atom is -2.00 e. The van der Waals surface area contributed by atoms with Gasteiger partial charge in [-0.25, -0.2) is 0 Å². The maximum atomic E-state index is 0. The summed E-state index contributed by atoms with van der Waals surface area (Å²) in [5, 5.41) is 0. The van der Waals surface area contributed by atoms with Crippen molar-refractivity contribution in [2.45, 2.75) is 0 Å². The Morgan fingerprint density at radius 3 is 0.556 bits per heavy atom. The van der Waals surface area contributed by atoms with E-state index >= 15 is 0 Å². The van der Waals surface area contributed by atoms with Gasteiger partial charge in [-0.05, 0) is 0 Å². The summed E-state index contributed by atoms with van der Waals surface area (Å²) < 4.78 is 0. The molecule has 1 radical (unpaired) electrons. The zero-order valence-corrected chi connectivity index (χ0v) is 14.7. The smallest absolute Gasteiger partial charge is 2.00 e. The molecule has 0 aromatic carbocycles. The molecule has 0 heterocycles. The monoisotopic (exact) mass is 409 g/mol. The minimum atomic E-state index is 0. The van der Waals surface area contributed by atoms with Gasteiger partial charge in [0.2, 0.25) is 0 Å². The average molecular weight is 409 g/mol. The van der Waals surface area contributed by atoms with Crippen molar-refractivity contribution in [1.82, 2.24) is 0 Å². The molecule has 9 heavy (non-hydrogen) atoms. The van der Waals surface area contributed by atoms with Crippen molar-refractivity contribution in [2.75, 3.05) is 0 Å². The second kappa shape index (κ2) is 89.8. The van der Waals surface area contributed by atoms with Gasteiger partial charge < -0.3 is 27.4 Å². The molecule has 41 valence electrons. The van der Waals surface area contributed by atoms with E-state index in [1.165, 1.54) is 0 Å². The maximum Gasteiger partial charge on any atom is 3.00 e. The fourth-order valence-electron chi connectivity index (χ4n) is 0. The largest absolute Gasteiger partial charge is 3.00 e. The molecule has 0 aromatic rings. The summed E-state index contributed by atoms with van der Waals surface area (Å²) >= 11 is 0. The second-order valence-electron chi connectivity index (χ2n) is 0. The van der Waals surface area contributed by atoms with E-state index in [1.807, 2.05) is 0 Å². The standard InChI is InChI=1S/Al.Ba.Ce.Mg.5O/q+3;+2;+3;+2;5*-2. The maximum absolute atomic E-state index is 0. The van der Waals surface area contributed by atoms with E-state index in [1.54, 1.807) is 0 Å². The summed E-state index contributed by atoms with van der Waals surface area (Å²) in [5.74, 6) is 0. The molecule has 0 saturated carbocycles. The molecule has 0 amide bonds. The first-order chi connectivity index (χ1) is 0. The van der Waals surface area contributed by atoms with Crippen LogP contribution in [-0.4, -0.2) is 89.3 Å². The van der Waals surface area contributed by atoms with Crippen LogP contribution in [0.1, 0.15) is 0 Å². The fourth-order valence-corrected chi connectivity index (χ4v) is 0. The van der Waals surface area contributed by atoms with Crippen molar-refractivity contribution < 1.29 is 69.1 Å². The van der Waals surface area contributed by atoms with Gasteiger partial charge in [-0.15, -0.1) is 0 Å². The first kappa shape index (κ1) is 116. The molecule has 5 nitrogen and oxygen atoms in total. The van der Waals surface area contributed by atoms with Crippen molar-refractivity contribution in [3.05, 3.63) is 0 Å². The van der Waals surface area contributed by atoms with E-state index in [2.05, 4.69) is 0 Å². The molecule has 0 bridgehead atoms. The van der Waals surface area contributed by atoms with E-state index in [0.717, 1.165) is 0 Å². The van der Waals surface area contributed by atoms with Crippen LogP contribution >= 0.6 is 0 Å². The average Bonchev–Trinajstić information content (AvgIpc) is 0. The fraction of sp³-hybridized carbons (Fsp3) is 0. The Hall–Kier alpha value is 4.05. The molecular weight excluding hydrogens is 409 g/mol. The Kier molecular flexibility index (Phi) is 1150. The zero-order chi connectivity index (χ0) is 0. The van der Waals surface area contributed by atoms with E-state index in [4.69, 9.17) is 0 Å². The Balaban J connectivity index is 0. The summed E-state index contributed by atoms with van der Waals surface area (Å²) in [7, 11) is 0. The molecule has 0 aliphatic carbocycles. The van der Waals surface area contributed by atoms with Crippen LogP contribution in [0.5, 0.6) is 0 Å². The van der Waals surface area contributed by atoms with E-state index in [0.29, 0.717) is 0 Å². The molecule has 9 heteroatoms. The van der Waals surface area contributed by atoms with Crippen LogP contribution in [0.3, 0.4) is 0 Å². The van der Waals surface area contributed by atoms with E-state index < -0.39 is 0 Å². The van der Waals surface area contributed by atoms with Crippen LogP contribution in [0.2, 0.25) is 0 Å². The van der Waals surface area contributed by atoms with Gasteiger partial charge in [0.1, 0.15) is 0 Å².